The standard InChI is InChI=1S/C21H24N2S/c24-16-10-2-1-9-15-19-22-20(17-11-5-3-6-12-17)21(23-19)18-13-7-4-8-14-18/h3-8,11-14,24H,1-2,9-10,15-16H2,(H,22,23). The molecule has 1 heterocycles. The summed E-state index contributed by atoms with van der Waals surface area (Å²) in [6.07, 6.45) is 5.86. The van der Waals surface area contributed by atoms with E-state index in [1.54, 1.807) is 0 Å². The zero-order chi connectivity index (χ0) is 16.6. The summed E-state index contributed by atoms with van der Waals surface area (Å²) in [7, 11) is 0. The largest absolute Gasteiger partial charge is 0.341 e. The Morgan fingerprint density at radius 3 is 2.04 bits per heavy atom. The first-order valence-corrected chi connectivity index (χ1v) is 9.32. The minimum Gasteiger partial charge on any atom is -0.341 e. The Labute approximate surface area is 149 Å². The van der Waals surface area contributed by atoms with E-state index in [4.69, 9.17) is 4.98 Å². The average Bonchev–Trinajstić information content (AvgIpc) is 3.07. The van der Waals surface area contributed by atoms with E-state index in [0.717, 1.165) is 34.9 Å². The van der Waals surface area contributed by atoms with Gasteiger partial charge in [0.25, 0.3) is 0 Å². The molecule has 0 radical (unpaired) electrons. The molecule has 3 aromatic rings. The fourth-order valence-electron chi connectivity index (χ4n) is 2.92. The van der Waals surface area contributed by atoms with Crippen LogP contribution in [-0.4, -0.2) is 15.7 Å². The third kappa shape index (κ3) is 4.30. The number of aromatic amines is 1. The van der Waals surface area contributed by atoms with E-state index in [0.29, 0.717) is 0 Å². The molecule has 0 spiro atoms. The van der Waals surface area contributed by atoms with Crippen molar-refractivity contribution in [3.63, 3.8) is 0 Å². The summed E-state index contributed by atoms with van der Waals surface area (Å²) in [5.74, 6) is 2.07. The second-order valence-electron chi connectivity index (χ2n) is 6.03. The highest BCUT2D eigenvalue weighted by molar-refractivity contribution is 7.80. The molecule has 0 saturated carbocycles. The first kappa shape index (κ1) is 16.8. The van der Waals surface area contributed by atoms with E-state index in [1.807, 2.05) is 12.1 Å². The number of benzene rings is 2. The Balaban J connectivity index is 1.83. The lowest BCUT2D eigenvalue weighted by molar-refractivity contribution is 0.659. The monoisotopic (exact) mass is 336 g/mol. The minimum atomic E-state index is 0.983. The van der Waals surface area contributed by atoms with E-state index in [1.165, 1.54) is 31.2 Å². The zero-order valence-corrected chi connectivity index (χ0v) is 14.8. The molecule has 2 aromatic carbocycles. The molecule has 124 valence electrons. The summed E-state index contributed by atoms with van der Waals surface area (Å²) in [6, 6.07) is 20.9. The van der Waals surface area contributed by atoms with Crippen molar-refractivity contribution in [2.75, 3.05) is 5.75 Å². The lowest BCUT2D eigenvalue weighted by atomic mass is 10.1. The van der Waals surface area contributed by atoms with Gasteiger partial charge in [-0.25, -0.2) is 4.98 Å². The summed E-state index contributed by atoms with van der Waals surface area (Å²) in [5.41, 5.74) is 4.51. The molecule has 0 bridgehead atoms. The fourth-order valence-corrected chi connectivity index (χ4v) is 3.14. The SMILES string of the molecule is SCCCCCCc1nc(-c2ccccc2)c(-c2ccccc2)[nH]1. The van der Waals surface area contributed by atoms with Crippen LogP contribution in [0, 0.1) is 0 Å². The topological polar surface area (TPSA) is 28.7 Å². The molecule has 0 saturated heterocycles. The number of nitrogens with one attached hydrogen (secondary N) is 1. The number of unbranched alkanes of at least 4 members (excludes halogenated alkanes) is 3. The average molecular weight is 337 g/mol. The molecule has 1 aromatic heterocycles. The van der Waals surface area contributed by atoms with Gasteiger partial charge in [0.2, 0.25) is 0 Å². The zero-order valence-electron chi connectivity index (χ0n) is 13.9. The molecule has 0 aliphatic carbocycles. The Morgan fingerprint density at radius 1 is 0.750 bits per heavy atom. The minimum absolute atomic E-state index is 0.983. The van der Waals surface area contributed by atoms with Gasteiger partial charge in [-0.1, -0.05) is 73.5 Å². The summed E-state index contributed by atoms with van der Waals surface area (Å²) < 4.78 is 0. The second-order valence-corrected chi connectivity index (χ2v) is 6.47. The van der Waals surface area contributed by atoms with Crippen LogP contribution in [0.15, 0.2) is 60.7 Å². The van der Waals surface area contributed by atoms with Gasteiger partial charge in [-0.05, 0) is 18.6 Å². The van der Waals surface area contributed by atoms with Gasteiger partial charge in [-0.3, -0.25) is 0 Å². The van der Waals surface area contributed by atoms with Crippen LogP contribution in [0.5, 0.6) is 0 Å². The molecule has 3 heteroatoms. The highest BCUT2D eigenvalue weighted by Gasteiger charge is 2.13. The smallest absolute Gasteiger partial charge is 0.107 e. The number of imidazole rings is 1. The van der Waals surface area contributed by atoms with Crippen LogP contribution in [0.1, 0.15) is 31.5 Å². The molecular formula is C21H24N2S. The molecule has 0 amide bonds. The van der Waals surface area contributed by atoms with E-state index >= 15 is 0 Å². The van der Waals surface area contributed by atoms with E-state index in [9.17, 15) is 0 Å². The first-order valence-electron chi connectivity index (χ1n) is 8.69. The summed E-state index contributed by atoms with van der Waals surface area (Å²) >= 11 is 4.27. The molecule has 0 aliphatic rings. The lowest BCUT2D eigenvalue weighted by Gasteiger charge is -2.02. The molecule has 0 fully saturated rings. The second kappa shape index (κ2) is 8.74. The van der Waals surface area contributed by atoms with Crippen LogP contribution in [0.3, 0.4) is 0 Å². The number of H-pyrrole nitrogens is 1. The molecular weight excluding hydrogens is 312 g/mol. The van der Waals surface area contributed by atoms with E-state index in [-0.39, 0.29) is 0 Å². The van der Waals surface area contributed by atoms with Gasteiger partial charge in [0.05, 0.1) is 11.4 Å². The Bertz CT molecular complexity index is 678. The lowest BCUT2D eigenvalue weighted by Crippen LogP contribution is -1.89. The molecule has 0 atom stereocenters. The highest BCUT2D eigenvalue weighted by Crippen LogP contribution is 2.30. The maximum absolute atomic E-state index is 4.90. The number of nitrogens with zero attached hydrogens (tertiary/aromatic N) is 1. The third-order valence-electron chi connectivity index (χ3n) is 4.18. The van der Waals surface area contributed by atoms with Crippen molar-refractivity contribution < 1.29 is 0 Å². The van der Waals surface area contributed by atoms with Gasteiger partial charge in [-0.2, -0.15) is 12.6 Å². The van der Waals surface area contributed by atoms with Crippen LogP contribution in [0.25, 0.3) is 22.5 Å². The number of hydrogen-bond acceptors (Lipinski definition) is 2. The summed E-state index contributed by atoms with van der Waals surface area (Å²) in [5, 5.41) is 0. The van der Waals surface area contributed by atoms with Gasteiger partial charge in [0.1, 0.15) is 5.82 Å². The van der Waals surface area contributed by atoms with Gasteiger partial charge in [0, 0.05) is 17.5 Å². The highest BCUT2D eigenvalue weighted by atomic mass is 32.1. The van der Waals surface area contributed by atoms with Gasteiger partial charge >= 0.3 is 0 Å². The fraction of sp³-hybridized carbons (Fsp3) is 0.286. The first-order chi connectivity index (χ1) is 11.9. The molecule has 0 unspecified atom stereocenters. The molecule has 24 heavy (non-hydrogen) atoms. The van der Waals surface area contributed by atoms with Crippen LogP contribution < -0.4 is 0 Å². The summed E-state index contributed by atoms with van der Waals surface area (Å²) in [6.45, 7) is 0. The number of thiol groups is 1. The van der Waals surface area contributed by atoms with Crippen LogP contribution in [0.4, 0.5) is 0 Å². The Kier molecular flexibility index (Phi) is 6.13. The summed E-state index contributed by atoms with van der Waals surface area (Å²) in [4.78, 5) is 8.47. The van der Waals surface area contributed by atoms with Crippen LogP contribution in [0.2, 0.25) is 0 Å². The van der Waals surface area contributed by atoms with Gasteiger partial charge < -0.3 is 4.98 Å². The third-order valence-corrected chi connectivity index (χ3v) is 4.50. The quantitative estimate of drug-likeness (QED) is 0.396. The van der Waals surface area contributed by atoms with Crippen molar-refractivity contribution in [3.8, 4) is 22.5 Å². The normalized spacial score (nSPS) is 10.9. The molecule has 2 nitrogen and oxygen atoms in total. The number of aryl methyl sites for hydroxylation is 1. The van der Waals surface area contributed by atoms with Crippen molar-refractivity contribution >= 4 is 12.6 Å². The predicted molar refractivity (Wildman–Crippen MR) is 105 cm³/mol. The maximum atomic E-state index is 4.90. The Hall–Kier alpha value is -2.00. The maximum Gasteiger partial charge on any atom is 0.107 e. The molecule has 0 aliphatic heterocycles. The van der Waals surface area contributed by atoms with Crippen molar-refractivity contribution in [2.24, 2.45) is 0 Å². The Morgan fingerprint density at radius 2 is 1.38 bits per heavy atom. The van der Waals surface area contributed by atoms with Crippen LogP contribution in [-0.2, 0) is 6.42 Å². The molecule has 3 rings (SSSR count). The predicted octanol–water partition coefficient (Wildman–Crippen LogP) is 5.78. The van der Waals surface area contributed by atoms with Gasteiger partial charge in [-0.15, -0.1) is 0 Å². The number of hydrogen-bond donors (Lipinski definition) is 2. The van der Waals surface area contributed by atoms with E-state index < -0.39 is 0 Å². The van der Waals surface area contributed by atoms with Crippen molar-refractivity contribution in [3.05, 3.63) is 66.5 Å². The number of aromatic nitrogens is 2. The van der Waals surface area contributed by atoms with Crippen molar-refractivity contribution in [1.29, 1.82) is 0 Å². The molecule has 1 N–H and O–H groups in total. The van der Waals surface area contributed by atoms with Crippen molar-refractivity contribution in [1.82, 2.24) is 9.97 Å². The van der Waals surface area contributed by atoms with E-state index in [2.05, 4.69) is 66.1 Å². The number of rotatable bonds is 8. The van der Waals surface area contributed by atoms with Crippen molar-refractivity contribution in [2.45, 2.75) is 32.1 Å². The van der Waals surface area contributed by atoms with Gasteiger partial charge in [0.15, 0.2) is 0 Å². The van der Waals surface area contributed by atoms with Crippen LogP contribution >= 0.6 is 12.6 Å².